The van der Waals surface area contributed by atoms with E-state index in [1.807, 2.05) is 0 Å². The molecule has 0 aromatic rings. The van der Waals surface area contributed by atoms with Gasteiger partial charge in [0.1, 0.15) is 5.78 Å². The molecule has 2 heteroatoms. The average Bonchev–Trinajstić information content (AvgIpc) is 2.51. The molecule has 0 radical (unpaired) electrons. The molecular weight excluding hydrogens is 258 g/mol. The van der Waals surface area contributed by atoms with Crippen LogP contribution in [0.1, 0.15) is 77.6 Å². The highest BCUT2D eigenvalue weighted by molar-refractivity contribution is 5.82. The first kappa shape index (κ1) is 15.5. The van der Waals surface area contributed by atoms with E-state index < -0.39 is 0 Å². The van der Waals surface area contributed by atoms with Gasteiger partial charge < -0.3 is 0 Å². The van der Waals surface area contributed by atoms with Gasteiger partial charge in [-0.15, -0.1) is 0 Å². The van der Waals surface area contributed by atoms with E-state index in [9.17, 15) is 4.79 Å². The maximum atomic E-state index is 12.4. The van der Waals surface area contributed by atoms with Crippen molar-refractivity contribution < 1.29 is 4.79 Å². The van der Waals surface area contributed by atoms with Gasteiger partial charge in [0.2, 0.25) is 0 Å². The van der Waals surface area contributed by atoms with Crippen LogP contribution in [0.2, 0.25) is 0 Å². The predicted octanol–water partition coefficient (Wildman–Crippen LogP) is 4.43. The Morgan fingerprint density at radius 1 is 1.10 bits per heavy atom. The number of hydrogen-bond acceptors (Lipinski definition) is 2. The van der Waals surface area contributed by atoms with E-state index in [1.165, 1.54) is 64.3 Å². The Kier molecular flexibility index (Phi) is 5.37. The SMILES string of the molecule is CCCC1CCC(=O)C(CN2CCC[C@H]3CCCC[C@H]32)C1. The van der Waals surface area contributed by atoms with Crippen LogP contribution in [-0.2, 0) is 4.79 Å². The van der Waals surface area contributed by atoms with Crippen LogP contribution in [0.3, 0.4) is 0 Å². The van der Waals surface area contributed by atoms with Gasteiger partial charge in [-0.05, 0) is 56.9 Å². The van der Waals surface area contributed by atoms with Crippen LogP contribution in [0.25, 0.3) is 0 Å². The summed E-state index contributed by atoms with van der Waals surface area (Å²) in [4.78, 5) is 15.1. The van der Waals surface area contributed by atoms with Crippen molar-refractivity contribution in [3.63, 3.8) is 0 Å². The summed E-state index contributed by atoms with van der Waals surface area (Å²) < 4.78 is 0. The fourth-order valence-electron chi connectivity index (χ4n) is 5.29. The first-order valence-electron chi connectivity index (χ1n) is 9.54. The van der Waals surface area contributed by atoms with Crippen LogP contribution in [-0.4, -0.2) is 29.8 Å². The molecule has 2 saturated carbocycles. The summed E-state index contributed by atoms with van der Waals surface area (Å²) >= 11 is 0. The third-order valence-corrected chi connectivity index (χ3v) is 6.38. The van der Waals surface area contributed by atoms with Gasteiger partial charge in [0, 0.05) is 24.9 Å². The Hall–Kier alpha value is -0.370. The molecule has 3 aliphatic rings. The van der Waals surface area contributed by atoms with Crippen molar-refractivity contribution in [1.82, 2.24) is 4.90 Å². The lowest BCUT2D eigenvalue weighted by Gasteiger charge is -2.46. The molecule has 0 N–H and O–H groups in total. The third-order valence-electron chi connectivity index (χ3n) is 6.38. The van der Waals surface area contributed by atoms with Crippen molar-refractivity contribution in [2.45, 2.75) is 83.6 Å². The fourth-order valence-corrected chi connectivity index (χ4v) is 5.29. The molecule has 2 unspecified atom stereocenters. The summed E-state index contributed by atoms with van der Waals surface area (Å²) in [6.07, 6.45) is 14.3. The zero-order valence-corrected chi connectivity index (χ0v) is 13.9. The van der Waals surface area contributed by atoms with Crippen LogP contribution in [0, 0.1) is 17.8 Å². The van der Waals surface area contributed by atoms with E-state index in [0.717, 1.165) is 37.3 Å². The number of carbonyl (C=O) groups excluding carboxylic acids is 1. The summed E-state index contributed by atoms with van der Waals surface area (Å²) in [6.45, 7) is 4.62. The molecular formula is C19H33NO. The molecule has 120 valence electrons. The quantitative estimate of drug-likeness (QED) is 0.764. The molecule has 2 nitrogen and oxygen atoms in total. The maximum absolute atomic E-state index is 12.4. The molecule has 0 spiro atoms. The molecule has 1 heterocycles. The van der Waals surface area contributed by atoms with Gasteiger partial charge in [0.05, 0.1) is 0 Å². The summed E-state index contributed by atoms with van der Waals surface area (Å²) in [6, 6.07) is 0.812. The van der Waals surface area contributed by atoms with Crippen LogP contribution in [0.5, 0.6) is 0 Å². The predicted molar refractivity (Wildman–Crippen MR) is 87.3 cm³/mol. The maximum Gasteiger partial charge on any atom is 0.137 e. The summed E-state index contributed by atoms with van der Waals surface area (Å²) in [5, 5.41) is 0. The van der Waals surface area contributed by atoms with Gasteiger partial charge in [-0.1, -0.05) is 32.6 Å². The van der Waals surface area contributed by atoms with E-state index in [0.29, 0.717) is 11.7 Å². The molecule has 1 saturated heterocycles. The Bertz CT molecular complexity index is 351. The zero-order valence-electron chi connectivity index (χ0n) is 13.9. The number of ketones is 1. The minimum atomic E-state index is 0.357. The lowest BCUT2D eigenvalue weighted by atomic mass is 9.75. The van der Waals surface area contributed by atoms with Crippen LogP contribution in [0.15, 0.2) is 0 Å². The van der Waals surface area contributed by atoms with Crippen molar-refractivity contribution in [3.05, 3.63) is 0 Å². The van der Waals surface area contributed by atoms with E-state index >= 15 is 0 Å². The Morgan fingerprint density at radius 3 is 2.76 bits per heavy atom. The number of carbonyl (C=O) groups is 1. The van der Waals surface area contributed by atoms with Gasteiger partial charge in [-0.2, -0.15) is 0 Å². The Balaban J connectivity index is 1.59. The van der Waals surface area contributed by atoms with E-state index in [2.05, 4.69) is 11.8 Å². The standard InChI is InChI=1S/C19H33NO/c1-2-6-15-10-11-19(21)17(13-15)14-20-12-5-8-16-7-3-4-9-18(16)20/h15-18H,2-14H2,1H3/t15?,16-,17?,18-/m1/s1. The number of fused-ring (bicyclic) bond motifs is 1. The highest BCUT2D eigenvalue weighted by Gasteiger charge is 2.36. The molecule has 0 bridgehead atoms. The number of Topliss-reactive ketones (excluding diaryl/α,β-unsaturated/α-hetero) is 1. The highest BCUT2D eigenvalue weighted by atomic mass is 16.1. The molecule has 4 atom stereocenters. The molecule has 0 aromatic carbocycles. The second-order valence-electron chi connectivity index (χ2n) is 7.84. The zero-order chi connectivity index (χ0) is 14.7. The van der Waals surface area contributed by atoms with Crippen molar-refractivity contribution in [2.75, 3.05) is 13.1 Å². The van der Waals surface area contributed by atoms with Crippen molar-refractivity contribution >= 4 is 5.78 Å². The monoisotopic (exact) mass is 291 g/mol. The van der Waals surface area contributed by atoms with Gasteiger partial charge in [0.25, 0.3) is 0 Å². The lowest BCUT2D eigenvalue weighted by Crippen LogP contribution is -2.49. The fraction of sp³-hybridized carbons (Fsp3) is 0.947. The summed E-state index contributed by atoms with van der Waals surface area (Å²) in [7, 11) is 0. The normalized spacial score (nSPS) is 38.2. The second kappa shape index (κ2) is 7.26. The van der Waals surface area contributed by atoms with Crippen molar-refractivity contribution in [2.24, 2.45) is 17.8 Å². The molecule has 2 aliphatic carbocycles. The van der Waals surface area contributed by atoms with E-state index in [4.69, 9.17) is 0 Å². The van der Waals surface area contributed by atoms with Gasteiger partial charge in [-0.3, -0.25) is 9.69 Å². The molecule has 21 heavy (non-hydrogen) atoms. The smallest absolute Gasteiger partial charge is 0.137 e. The largest absolute Gasteiger partial charge is 0.299 e. The number of likely N-dealkylation sites (tertiary alicyclic amines) is 1. The van der Waals surface area contributed by atoms with Crippen LogP contribution < -0.4 is 0 Å². The minimum Gasteiger partial charge on any atom is -0.299 e. The highest BCUT2D eigenvalue weighted by Crippen LogP contribution is 2.37. The van der Waals surface area contributed by atoms with E-state index in [1.54, 1.807) is 0 Å². The number of nitrogens with zero attached hydrogens (tertiary/aromatic N) is 1. The molecule has 3 fully saturated rings. The lowest BCUT2D eigenvalue weighted by molar-refractivity contribution is -0.127. The number of hydrogen-bond donors (Lipinski definition) is 0. The minimum absolute atomic E-state index is 0.357. The molecule has 0 amide bonds. The van der Waals surface area contributed by atoms with Crippen LogP contribution in [0.4, 0.5) is 0 Å². The topological polar surface area (TPSA) is 20.3 Å². The Labute approximate surface area is 130 Å². The van der Waals surface area contributed by atoms with Gasteiger partial charge >= 0.3 is 0 Å². The molecule has 0 aromatic heterocycles. The van der Waals surface area contributed by atoms with Gasteiger partial charge in [-0.25, -0.2) is 0 Å². The Morgan fingerprint density at radius 2 is 1.90 bits per heavy atom. The third kappa shape index (κ3) is 3.70. The van der Waals surface area contributed by atoms with E-state index in [-0.39, 0.29) is 0 Å². The first-order valence-corrected chi connectivity index (χ1v) is 9.54. The van der Waals surface area contributed by atoms with Crippen molar-refractivity contribution in [1.29, 1.82) is 0 Å². The first-order chi connectivity index (χ1) is 10.3. The average molecular weight is 291 g/mol. The number of piperidine rings is 1. The summed E-state index contributed by atoms with van der Waals surface area (Å²) in [5.74, 6) is 2.69. The van der Waals surface area contributed by atoms with Gasteiger partial charge in [0.15, 0.2) is 0 Å². The molecule has 3 rings (SSSR count). The number of rotatable bonds is 4. The van der Waals surface area contributed by atoms with Crippen molar-refractivity contribution in [3.8, 4) is 0 Å². The second-order valence-corrected chi connectivity index (χ2v) is 7.84. The van der Waals surface area contributed by atoms with Crippen LogP contribution >= 0.6 is 0 Å². The molecule has 1 aliphatic heterocycles. The summed E-state index contributed by atoms with van der Waals surface area (Å²) in [5.41, 5.74) is 0.